The summed E-state index contributed by atoms with van der Waals surface area (Å²) in [5.41, 5.74) is 5.30. The summed E-state index contributed by atoms with van der Waals surface area (Å²) < 4.78 is 0. The Morgan fingerprint density at radius 3 is 2.67 bits per heavy atom. The lowest BCUT2D eigenvalue weighted by Crippen LogP contribution is -1.96. The van der Waals surface area contributed by atoms with Crippen LogP contribution in [0, 0.1) is 0 Å². The van der Waals surface area contributed by atoms with E-state index >= 15 is 0 Å². The summed E-state index contributed by atoms with van der Waals surface area (Å²) in [7, 11) is 0. The Hall–Kier alpha value is -0.560. The van der Waals surface area contributed by atoms with Crippen LogP contribution in [-0.2, 0) is 0 Å². The lowest BCUT2D eigenvalue weighted by atomic mass is 10.2. The van der Waals surface area contributed by atoms with Gasteiger partial charge in [-0.3, -0.25) is 0 Å². The molecule has 0 aliphatic heterocycles. The van der Waals surface area contributed by atoms with Crippen LogP contribution in [0.4, 0.5) is 0 Å². The van der Waals surface area contributed by atoms with Gasteiger partial charge in [0.05, 0.1) is 0 Å². The Kier molecular flexibility index (Phi) is 6.98. The molecule has 0 heterocycles. The van der Waals surface area contributed by atoms with E-state index in [-0.39, 0.29) is 0 Å². The molecule has 0 atom stereocenters. The Labute approximate surface area is 57.3 Å². The molecule has 52 valence electrons. The van der Waals surface area contributed by atoms with E-state index < -0.39 is 0 Å². The zero-order valence-corrected chi connectivity index (χ0v) is 5.84. The lowest BCUT2D eigenvalue weighted by molar-refractivity contribution is 0.758. The highest BCUT2D eigenvalue weighted by Crippen LogP contribution is 1.93. The van der Waals surface area contributed by atoms with Gasteiger partial charge in [-0.1, -0.05) is 24.8 Å². The van der Waals surface area contributed by atoms with Gasteiger partial charge in [0.1, 0.15) is 0 Å². The van der Waals surface area contributed by atoms with Crippen molar-refractivity contribution in [3.8, 4) is 0 Å². The second kappa shape index (κ2) is 7.44. The van der Waals surface area contributed by atoms with Gasteiger partial charge in [0, 0.05) is 0 Å². The van der Waals surface area contributed by atoms with Gasteiger partial charge in [-0.25, -0.2) is 0 Å². The Balaban J connectivity index is 2.90. The first kappa shape index (κ1) is 8.44. The highest BCUT2D eigenvalue weighted by molar-refractivity contribution is 4.96. The van der Waals surface area contributed by atoms with Crippen LogP contribution in [0.1, 0.15) is 19.3 Å². The molecule has 1 heteroatoms. The predicted octanol–water partition coefficient (Wildman–Crippen LogP) is 1.86. The molecule has 0 aliphatic rings. The third-order valence-corrected chi connectivity index (χ3v) is 1.10. The Morgan fingerprint density at radius 2 is 2.11 bits per heavy atom. The van der Waals surface area contributed by atoms with Gasteiger partial charge in [0.15, 0.2) is 0 Å². The molecule has 0 saturated heterocycles. The molecular formula is C8H15N. The molecule has 0 bridgehead atoms. The molecule has 9 heavy (non-hydrogen) atoms. The van der Waals surface area contributed by atoms with Gasteiger partial charge < -0.3 is 5.73 Å². The van der Waals surface area contributed by atoms with Crippen molar-refractivity contribution in [1.29, 1.82) is 0 Å². The van der Waals surface area contributed by atoms with Crippen LogP contribution in [0.5, 0.6) is 0 Å². The van der Waals surface area contributed by atoms with E-state index in [1.807, 2.05) is 6.08 Å². The monoisotopic (exact) mass is 125 g/mol. The minimum Gasteiger partial charge on any atom is -0.330 e. The third-order valence-electron chi connectivity index (χ3n) is 1.10. The Morgan fingerprint density at radius 1 is 1.33 bits per heavy atom. The largest absolute Gasteiger partial charge is 0.330 e. The van der Waals surface area contributed by atoms with Gasteiger partial charge in [0.2, 0.25) is 0 Å². The molecule has 2 N–H and O–H groups in total. The second-order valence-corrected chi connectivity index (χ2v) is 1.95. The highest BCUT2D eigenvalue weighted by Gasteiger charge is 1.78. The van der Waals surface area contributed by atoms with Crippen LogP contribution in [0.25, 0.3) is 0 Å². The molecule has 1 nitrogen and oxygen atoms in total. The Bertz CT molecular complexity index is 84.6. The average Bonchev–Trinajstić information content (AvgIpc) is 1.89. The van der Waals surface area contributed by atoms with Gasteiger partial charge in [0.25, 0.3) is 0 Å². The average molecular weight is 125 g/mol. The number of rotatable bonds is 5. The molecule has 0 unspecified atom stereocenters. The van der Waals surface area contributed by atoms with Crippen LogP contribution in [0.3, 0.4) is 0 Å². The third kappa shape index (κ3) is 7.44. The topological polar surface area (TPSA) is 26.0 Å². The van der Waals surface area contributed by atoms with E-state index in [0.717, 1.165) is 19.4 Å². The maximum Gasteiger partial charge on any atom is -0.00772 e. The van der Waals surface area contributed by atoms with Crippen LogP contribution in [-0.4, -0.2) is 6.54 Å². The van der Waals surface area contributed by atoms with Crippen molar-refractivity contribution >= 4 is 0 Å². The second-order valence-electron chi connectivity index (χ2n) is 1.95. The van der Waals surface area contributed by atoms with Crippen molar-refractivity contribution in [2.75, 3.05) is 6.54 Å². The van der Waals surface area contributed by atoms with Gasteiger partial charge in [-0.2, -0.15) is 0 Å². The van der Waals surface area contributed by atoms with Gasteiger partial charge >= 0.3 is 0 Å². The van der Waals surface area contributed by atoms with E-state index in [1.165, 1.54) is 6.42 Å². The van der Waals surface area contributed by atoms with Crippen molar-refractivity contribution in [3.05, 3.63) is 24.8 Å². The van der Waals surface area contributed by atoms with Crippen molar-refractivity contribution in [3.63, 3.8) is 0 Å². The first-order valence-corrected chi connectivity index (χ1v) is 3.39. The van der Waals surface area contributed by atoms with E-state index in [0.29, 0.717) is 0 Å². The molecule has 0 aromatic carbocycles. The van der Waals surface area contributed by atoms with Crippen molar-refractivity contribution in [2.45, 2.75) is 19.3 Å². The summed E-state index contributed by atoms with van der Waals surface area (Å²) >= 11 is 0. The van der Waals surface area contributed by atoms with Crippen LogP contribution in [0.15, 0.2) is 24.8 Å². The van der Waals surface area contributed by atoms with Crippen LogP contribution >= 0.6 is 0 Å². The molecule has 0 aromatic heterocycles. The minimum atomic E-state index is 0.807. The molecule has 0 rings (SSSR count). The summed E-state index contributed by atoms with van der Waals surface area (Å²) in [5.74, 6) is 0. The van der Waals surface area contributed by atoms with Crippen molar-refractivity contribution < 1.29 is 0 Å². The fourth-order valence-corrected chi connectivity index (χ4v) is 0.599. The molecule has 0 saturated carbocycles. The number of nitrogens with two attached hydrogens (primary N) is 1. The van der Waals surface area contributed by atoms with Crippen molar-refractivity contribution in [2.24, 2.45) is 5.73 Å². The van der Waals surface area contributed by atoms with Crippen LogP contribution in [0.2, 0.25) is 0 Å². The number of hydrogen-bond acceptors (Lipinski definition) is 1. The first-order valence-electron chi connectivity index (χ1n) is 3.39. The van der Waals surface area contributed by atoms with E-state index in [9.17, 15) is 0 Å². The van der Waals surface area contributed by atoms with Crippen molar-refractivity contribution in [1.82, 2.24) is 0 Å². The standard InChI is InChI=1S/C8H15N/c1-2-3-4-5-6-7-8-9/h2-4H,1,5-9H2. The molecule has 0 fully saturated rings. The van der Waals surface area contributed by atoms with E-state index in [2.05, 4.69) is 12.7 Å². The molecular weight excluding hydrogens is 110 g/mol. The fraction of sp³-hybridized carbons (Fsp3) is 0.500. The molecule has 0 spiro atoms. The van der Waals surface area contributed by atoms with E-state index in [4.69, 9.17) is 5.73 Å². The van der Waals surface area contributed by atoms with E-state index in [1.54, 1.807) is 6.08 Å². The minimum absolute atomic E-state index is 0.807. The SMILES string of the molecule is C=CC=CCCCCN. The quantitative estimate of drug-likeness (QED) is 0.440. The maximum atomic E-state index is 5.30. The zero-order valence-electron chi connectivity index (χ0n) is 5.84. The summed E-state index contributed by atoms with van der Waals surface area (Å²) in [5, 5.41) is 0. The van der Waals surface area contributed by atoms with Gasteiger partial charge in [-0.05, 0) is 25.8 Å². The molecule has 0 aromatic rings. The van der Waals surface area contributed by atoms with Gasteiger partial charge in [-0.15, -0.1) is 0 Å². The molecule has 0 radical (unpaired) electrons. The number of hydrogen-bond donors (Lipinski definition) is 1. The smallest absolute Gasteiger partial charge is 0.00772 e. The normalized spacial score (nSPS) is 10.3. The maximum absolute atomic E-state index is 5.30. The summed E-state index contributed by atoms with van der Waals surface area (Å²) in [6.07, 6.45) is 9.33. The first-order chi connectivity index (χ1) is 4.41. The fourth-order valence-electron chi connectivity index (χ4n) is 0.599. The summed E-state index contributed by atoms with van der Waals surface area (Å²) in [6.45, 7) is 4.37. The predicted molar refractivity (Wildman–Crippen MR) is 42.2 cm³/mol. The number of unbranched alkanes of at least 4 members (excludes halogenated alkanes) is 2. The lowest BCUT2D eigenvalue weighted by Gasteiger charge is -1.89. The highest BCUT2D eigenvalue weighted by atomic mass is 14.5. The molecule has 0 amide bonds. The summed E-state index contributed by atoms with van der Waals surface area (Å²) in [6, 6.07) is 0. The number of allylic oxidation sites excluding steroid dienone is 3. The summed E-state index contributed by atoms with van der Waals surface area (Å²) in [4.78, 5) is 0. The zero-order chi connectivity index (χ0) is 6.95. The molecule has 0 aliphatic carbocycles. The van der Waals surface area contributed by atoms with Crippen LogP contribution < -0.4 is 5.73 Å².